The lowest BCUT2D eigenvalue weighted by atomic mass is 10.2. The molecule has 0 unspecified atom stereocenters. The number of anilines is 1. The van der Waals surface area contributed by atoms with Crippen LogP contribution in [-0.2, 0) is 0 Å². The van der Waals surface area contributed by atoms with Crippen LogP contribution in [0.15, 0.2) is 60.9 Å². The van der Waals surface area contributed by atoms with Gasteiger partial charge in [-0.15, -0.1) is 0 Å². The molecule has 0 radical (unpaired) electrons. The quantitative estimate of drug-likeness (QED) is 0.580. The number of amides is 1. The van der Waals surface area contributed by atoms with Gasteiger partial charge in [0.2, 0.25) is 0 Å². The summed E-state index contributed by atoms with van der Waals surface area (Å²) < 4.78 is 0. The maximum Gasteiger partial charge on any atom is 0.270 e. The first-order valence-electron chi connectivity index (χ1n) is 7.48. The highest BCUT2D eigenvalue weighted by atomic mass is 16.6. The van der Waals surface area contributed by atoms with E-state index in [-0.39, 0.29) is 11.6 Å². The van der Waals surface area contributed by atoms with E-state index < -0.39 is 4.92 Å². The SMILES string of the molecule is Cc1ccc(NC(=O)c2cnc(-c3cccc([N+](=O)[O-])c3)nc2)cc1. The van der Waals surface area contributed by atoms with Crippen molar-refractivity contribution in [3.05, 3.63) is 82.2 Å². The van der Waals surface area contributed by atoms with E-state index in [2.05, 4.69) is 15.3 Å². The smallest absolute Gasteiger partial charge is 0.270 e. The van der Waals surface area contributed by atoms with E-state index >= 15 is 0 Å². The number of nitrogens with zero attached hydrogens (tertiary/aromatic N) is 3. The van der Waals surface area contributed by atoms with Gasteiger partial charge in [-0.2, -0.15) is 0 Å². The van der Waals surface area contributed by atoms with Crippen LogP contribution >= 0.6 is 0 Å². The van der Waals surface area contributed by atoms with Crippen molar-refractivity contribution in [2.24, 2.45) is 0 Å². The molecule has 7 nitrogen and oxygen atoms in total. The molecule has 0 aliphatic carbocycles. The maximum atomic E-state index is 12.2. The molecule has 1 aromatic heterocycles. The fraction of sp³-hybridized carbons (Fsp3) is 0.0556. The zero-order valence-electron chi connectivity index (χ0n) is 13.3. The molecule has 3 aromatic rings. The van der Waals surface area contributed by atoms with Gasteiger partial charge in [-0.05, 0) is 19.1 Å². The number of aryl methyl sites for hydroxylation is 1. The van der Waals surface area contributed by atoms with Gasteiger partial charge >= 0.3 is 0 Å². The van der Waals surface area contributed by atoms with Crippen LogP contribution < -0.4 is 5.32 Å². The lowest BCUT2D eigenvalue weighted by Gasteiger charge is -2.06. The standard InChI is InChI=1S/C18H14N4O3/c1-12-5-7-15(8-6-12)21-18(23)14-10-19-17(20-11-14)13-3-2-4-16(9-13)22(24)25/h2-11H,1H3,(H,21,23). The van der Waals surface area contributed by atoms with E-state index in [1.54, 1.807) is 12.1 Å². The van der Waals surface area contributed by atoms with Gasteiger partial charge in [-0.1, -0.05) is 29.8 Å². The Labute approximate surface area is 143 Å². The number of nitro benzene ring substituents is 1. The average Bonchev–Trinajstić information content (AvgIpc) is 2.64. The highest BCUT2D eigenvalue weighted by Gasteiger charge is 2.11. The van der Waals surface area contributed by atoms with Crippen LogP contribution in [0.2, 0.25) is 0 Å². The highest BCUT2D eigenvalue weighted by molar-refractivity contribution is 6.03. The number of nitrogens with one attached hydrogen (secondary N) is 1. The molecule has 25 heavy (non-hydrogen) atoms. The van der Waals surface area contributed by atoms with Crippen molar-refractivity contribution in [1.82, 2.24) is 9.97 Å². The number of benzene rings is 2. The van der Waals surface area contributed by atoms with Crippen LogP contribution in [0.5, 0.6) is 0 Å². The van der Waals surface area contributed by atoms with Gasteiger partial charge in [0.1, 0.15) is 0 Å². The summed E-state index contributed by atoms with van der Waals surface area (Å²) in [5.74, 6) is -0.00923. The van der Waals surface area contributed by atoms with Gasteiger partial charge in [0.15, 0.2) is 5.82 Å². The number of rotatable bonds is 4. The largest absolute Gasteiger partial charge is 0.322 e. The molecule has 0 spiro atoms. The molecule has 0 aliphatic heterocycles. The van der Waals surface area contributed by atoms with Crippen LogP contribution in [0.4, 0.5) is 11.4 Å². The molecular weight excluding hydrogens is 320 g/mol. The first kappa shape index (κ1) is 16.3. The van der Waals surface area contributed by atoms with E-state index in [0.29, 0.717) is 22.6 Å². The predicted octanol–water partition coefficient (Wildman–Crippen LogP) is 3.61. The van der Waals surface area contributed by atoms with Crippen LogP contribution in [-0.4, -0.2) is 20.8 Å². The van der Waals surface area contributed by atoms with Crippen molar-refractivity contribution in [3.8, 4) is 11.4 Å². The Bertz CT molecular complexity index is 922. The maximum absolute atomic E-state index is 12.2. The molecule has 3 rings (SSSR count). The summed E-state index contributed by atoms with van der Waals surface area (Å²) in [6.45, 7) is 1.96. The van der Waals surface area contributed by atoms with Crippen molar-refractivity contribution in [2.45, 2.75) is 6.92 Å². The number of carbonyl (C=O) groups is 1. The minimum absolute atomic E-state index is 0.0395. The van der Waals surface area contributed by atoms with Crippen LogP contribution in [0.1, 0.15) is 15.9 Å². The van der Waals surface area contributed by atoms with Crippen molar-refractivity contribution in [3.63, 3.8) is 0 Å². The third-order valence-electron chi connectivity index (χ3n) is 3.54. The summed E-state index contributed by atoms with van der Waals surface area (Å²) in [6.07, 6.45) is 2.79. The molecule has 7 heteroatoms. The lowest BCUT2D eigenvalue weighted by molar-refractivity contribution is -0.384. The van der Waals surface area contributed by atoms with Crippen molar-refractivity contribution in [2.75, 3.05) is 5.32 Å². The number of carbonyl (C=O) groups excluding carboxylic acids is 1. The summed E-state index contributed by atoms with van der Waals surface area (Å²) in [5.41, 5.74) is 2.55. The summed E-state index contributed by atoms with van der Waals surface area (Å²) in [5, 5.41) is 13.6. The van der Waals surface area contributed by atoms with Crippen LogP contribution in [0.25, 0.3) is 11.4 Å². The second-order valence-corrected chi connectivity index (χ2v) is 5.42. The fourth-order valence-corrected chi connectivity index (χ4v) is 2.19. The van der Waals surface area contributed by atoms with Gasteiger partial charge in [-0.25, -0.2) is 9.97 Å². The molecule has 1 N–H and O–H groups in total. The molecule has 1 heterocycles. The first-order valence-corrected chi connectivity index (χ1v) is 7.48. The topological polar surface area (TPSA) is 98.0 Å². The van der Waals surface area contributed by atoms with Gasteiger partial charge in [-0.3, -0.25) is 14.9 Å². The highest BCUT2D eigenvalue weighted by Crippen LogP contribution is 2.20. The van der Waals surface area contributed by atoms with E-state index in [1.165, 1.54) is 24.5 Å². The molecule has 0 aliphatic rings. The zero-order chi connectivity index (χ0) is 17.8. The molecule has 0 saturated carbocycles. The lowest BCUT2D eigenvalue weighted by Crippen LogP contribution is -2.12. The van der Waals surface area contributed by atoms with Crippen LogP contribution in [0.3, 0.4) is 0 Å². The van der Waals surface area contributed by atoms with E-state index in [4.69, 9.17) is 0 Å². The second-order valence-electron chi connectivity index (χ2n) is 5.42. The van der Waals surface area contributed by atoms with E-state index in [1.807, 2.05) is 31.2 Å². The van der Waals surface area contributed by atoms with E-state index in [9.17, 15) is 14.9 Å². The van der Waals surface area contributed by atoms with Gasteiger partial charge in [0, 0.05) is 35.8 Å². The van der Waals surface area contributed by atoms with Crippen molar-refractivity contribution >= 4 is 17.3 Å². The fourth-order valence-electron chi connectivity index (χ4n) is 2.19. The van der Waals surface area contributed by atoms with Gasteiger partial charge in [0.25, 0.3) is 11.6 Å². The van der Waals surface area contributed by atoms with Crippen LogP contribution in [0, 0.1) is 17.0 Å². The molecular formula is C18H14N4O3. The Kier molecular flexibility index (Phi) is 4.47. The summed E-state index contributed by atoms with van der Waals surface area (Å²) in [4.78, 5) is 30.8. The summed E-state index contributed by atoms with van der Waals surface area (Å²) in [7, 11) is 0. The van der Waals surface area contributed by atoms with Gasteiger partial charge in [0.05, 0.1) is 10.5 Å². The molecule has 0 saturated heterocycles. The molecule has 2 aromatic carbocycles. The Balaban J connectivity index is 1.77. The number of hydrogen-bond acceptors (Lipinski definition) is 5. The minimum atomic E-state index is -0.479. The van der Waals surface area contributed by atoms with Crippen molar-refractivity contribution < 1.29 is 9.72 Å². The van der Waals surface area contributed by atoms with E-state index in [0.717, 1.165) is 5.56 Å². The third-order valence-corrected chi connectivity index (χ3v) is 3.54. The van der Waals surface area contributed by atoms with Gasteiger partial charge < -0.3 is 5.32 Å². The zero-order valence-corrected chi connectivity index (χ0v) is 13.3. The molecule has 0 bridgehead atoms. The molecule has 1 amide bonds. The summed E-state index contributed by atoms with van der Waals surface area (Å²) in [6, 6.07) is 13.4. The average molecular weight is 334 g/mol. The molecule has 124 valence electrons. The Morgan fingerprint density at radius 3 is 2.40 bits per heavy atom. The van der Waals surface area contributed by atoms with Crippen molar-refractivity contribution in [1.29, 1.82) is 0 Å². The molecule has 0 atom stereocenters. The minimum Gasteiger partial charge on any atom is -0.322 e. The Hall–Kier alpha value is -3.61. The summed E-state index contributed by atoms with van der Waals surface area (Å²) >= 11 is 0. The number of aromatic nitrogens is 2. The Morgan fingerprint density at radius 1 is 1.08 bits per heavy atom. The number of non-ortho nitro benzene ring substituents is 1. The first-order chi connectivity index (χ1) is 12.0. The molecule has 0 fully saturated rings. The Morgan fingerprint density at radius 2 is 1.76 bits per heavy atom. The third kappa shape index (κ3) is 3.84. The number of hydrogen-bond donors (Lipinski definition) is 1. The normalized spacial score (nSPS) is 10.3. The monoisotopic (exact) mass is 334 g/mol. The second kappa shape index (κ2) is 6.88. The predicted molar refractivity (Wildman–Crippen MR) is 93.3 cm³/mol. The number of nitro groups is 1.